The number of piperidine rings is 1. The van der Waals surface area contributed by atoms with E-state index in [0.717, 1.165) is 6.07 Å². The highest BCUT2D eigenvalue weighted by Crippen LogP contribution is 2.18. The molecule has 0 aromatic heterocycles. The number of nitrogens with zero attached hydrogens (tertiary/aromatic N) is 1. The van der Waals surface area contributed by atoms with Crippen molar-refractivity contribution in [3.8, 4) is 5.75 Å². The van der Waals surface area contributed by atoms with Crippen LogP contribution in [0.5, 0.6) is 5.75 Å². The fourth-order valence-corrected chi connectivity index (χ4v) is 2.21. The number of aromatic hydroxyl groups is 1. The molecule has 1 aromatic carbocycles. The van der Waals surface area contributed by atoms with E-state index in [0.29, 0.717) is 25.2 Å². The summed E-state index contributed by atoms with van der Waals surface area (Å²) in [6, 6.07) is 3.72. The van der Waals surface area contributed by atoms with E-state index in [4.69, 9.17) is 15.9 Å². The molecule has 1 amide bonds. The third-order valence-electron chi connectivity index (χ3n) is 3.45. The number of nitrogens with one attached hydrogen (secondary N) is 2. The molecule has 5 nitrogen and oxygen atoms in total. The highest BCUT2D eigenvalue weighted by Gasteiger charge is 2.26. The first-order chi connectivity index (χ1) is 9.51. The summed E-state index contributed by atoms with van der Waals surface area (Å²) in [7, 11) is 0. The highest BCUT2D eigenvalue weighted by atomic mass is 19.1. The van der Waals surface area contributed by atoms with Gasteiger partial charge in [0.1, 0.15) is 11.6 Å². The van der Waals surface area contributed by atoms with Gasteiger partial charge in [0, 0.05) is 43.4 Å². The number of phenolic OH excluding ortho intramolecular Hbond substituents is 1. The monoisotopic (exact) mass is 277 g/mol. The van der Waals surface area contributed by atoms with Crippen molar-refractivity contribution in [3.63, 3.8) is 0 Å². The van der Waals surface area contributed by atoms with Crippen LogP contribution >= 0.6 is 0 Å². The number of amides is 1. The topological polar surface area (TPSA) is 88.2 Å². The molecule has 0 bridgehead atoms. The largest absolute Gasteiger partial charge is 0.508 e. The standard InChI is InChI=1S/C14H16FN3O2/c15-12-6-11(19)2-1-9(12)5-14(20)18-4-3-13(17)10(7-16)8-18/h1-2,6-7,10,16-17,19H,3-5,8H2. The molecule has 106 valence electrons. The Morgan fingerprint density at radius 2 is 2.30 bits per heavy atom. The van der Waals surface area contributed by atoms with Gasteiger partial charge in [-0.2, -0.15) is 0 Å². The van der Waals surface area contributed by atoms with Crippen LogP contribution in [-0.2, 0) is 11.2 Å². The van der Waals surface area contributed by atoms with E-state index < -0.39 is 5.82 Å². The molecule has 6 heteroatoms. The lowest BCUT2D eigenvalue weighted by Crippen LogP contribution is -2.45. The molecule has 1 unspecified atom stereocenters. The first-order valence-electron chi connectivity index (χ1n) is 6.34. The van der Waals surface area contributed by atoms with Crippen molar-refractivity contribution in [2.24, 2.45) is 5.92 Å². The van der Waals surface area contributed by atoms with Crippen LogP contribution in [0.3, 0.4) is 0 Å². The summed E-state index contributed by atoms with van der Waals surface area (Å²) in [6.45, 7) is 0.739. The molecule has 1 fully saturated rings. The van der Waals surface area contributed by atoms with Crippen LogP contribution in [0.1, 0.15) is 12.0 Å². The molecule has 2 rings (SSSR count). The Balaban J connectivity index is 2.05. The van der Waals surface area contributed by atoms with Gasteiger partial charge in [-0.15, -0.1) is 0 Å². The molecule has 1 saturated heterocycles. The SMILES string of the molecule is N=CC1CN(C(=O)Cc2ccc(O)cc2F)CCC1=N. The normalized spacial score (nSPS) is 18.9. The van der Waals surface area contributed by atoms with Crippen LogP contribution in [0.25, 0.3) is 0 Å². The van der Waals surface area contributed by atoms with Gasteiger partial charge in [0.15, 0.2) is 0 Å². The number of carbonyl (C=O) groups excluding carboxylic acids is 1. The number of phenols is 1. The van der Waals surface area contributed by atoms with Crippen molar-refractivity contribution >= 4 is 17.8 Å². The zero-order valence-corrected chi connectivity index (χ0v) is 10.9. The van der Waals surface area contributed by atoms with Crippen molar-refractivity contribution in [2.45, 2.75) is 12.8 Å². The molecular weight excluding hydrogens is 261 g/mol. The van der Waals surface area contributed by atoms with Gasteiger partial charge in [0.2, 0.25) is 5.91 Å². The van der Waals surface area contributed by atoms with Crippen LogP contribution in [0, 0.1) is 22.6 Å². The Bertz CT molecular complexity index is 559. The van der Waals surface area contributed by atoms with Crippen LogP contribution in [0.2, 0.25) is 0 Å². The average Bonchev–Trinajstić information content (AvgIpc) is 2.42. The molecule has 1 atom stereocenters. The lowest BCUT2D eigenvalue weighted by Gasteiger charge is -2.31. The first kappa shape index (κ1) is 14.2. The summed E-state index contributed by atoms with van der Waals surface area (Å²) in [5.41, 5.74) is 0.694. The lowest BCUT2D eigenvalue weighted by molar-refractivity contribution is -0.130. The van der Waals surface area contributed by atoms with Crippen molar-refractivity contribution in [1.82, 2.24) is 4.90 Å². The maximum atomic E-state index is 13.6. The van der Waals surface area contributed by atoms with Gasteiger partial charge < -0.3 is 20.8 Å². The number of carbonyl (C=O) groups is 1. The summed E-state index contributed by atoms with van der Waals surface area (Å²) in [5.74, 6) is -1.34. The Kier molecular flexibility index (Phi) is 4.12. The summed E-state index contributed by atoms with van der Waals surface area (Å²) in [5, 5.41) is 24.1. The third-order valence-corrected chi connectivity index (χ3v) is 3.45. The fraction of sp³-hybridized carbons (Fsp3) is 0.357. The van der Waals surface area contributed by atoms with E-state index in [2.05, 4.69) is 0 Å². The van der Waals surface area contributed by atoms with Crippen molar-refractivity contribution in [3.05, 3.63) is 29.6 Å². The number of rotatable bonds is 3. The summed E-state index contributed by atoms with van der Waals surface area (Å²) >= 11 is 0. The van der Waals surface area contributed by atoms with Gasteiger partial charge in [0.25, 0.3) is 0 Å². The zero-order chi connectivity index (χ0) is 14.7. The van der Waals surface area contributed by atoms with Crippen LogP contribution in [0.4, 0.5) is 4.39 Å². The summed E-state index contributed by atoms with van der Waals surface area (Å²) in [4.78, 5) is 13.7. The lowest BCUT2D eigenvalue weighted by atomic mass is 9.96. The van der Waals surface area contributed by atoms with E-state index in [9.17, 15) is 9.18 Å². The van der Waals surface area contributed by atoms with Crippen LogP contribution in [0.15, 0.2) is 18.2 Å². The Hall–Kier alpha value is -2.24. The number of benzene rings is 1. The maximum Gasteiger partial charge on any atom is 0.227 e. The van der Waals surface area contributed by atoms with Crippen molar-refractivity contribution in [1.29, 1.82) is 10.8 Å². The van der Waals surface area contributed by atoms with Gasteiger partial charge in [-0.05, 0) is 11.6 Å². The minimum absolute atomic E-state index is 0.0792. The smallest absolute Gasteiger partial charge is 0.227 e. The first-order valence-corrected chi connectivity index (χ1v) is 6.34. The second-order valence-electron chi connectivity index (χ2n) is 4.84. The van der Waals surface area contributed by atoms with E-state index in [-0.39, 0.29) is 29.6 Å². The molecule has 0 radical (unpaired) electrons. The Morgan fingerprint density at radius 1 is 1.55 bits per heavy atom. The highest BCUT2D eigenvalue weighted by molar-refractivity contribution is 5.98. The molecule has 1 heterocycles. The predicted molar refractivity (Wildman–Crippen MR) is 73.0 cm³/mol. The molecule has 1 aliphatic rings. The molecule has 1 aromatic rings. The van der Waals surface area contributed by atoms with Gasteiger partial charge >= 0.3 is 0 Å². The van der Waals surface area contributed by atoms with Crippen LogP contribution < -0.4 is 0 Å². The van der Waals surface area contributed by atoms with E-state index in [1.54, 1.807) is 4.90 Å². The Labute approximate surface area is 116 Å². The van der Waals surface area contributed by atoms with Crippen LogP contribution in [-0.4, -0.2) is 40.9 Å². The Morgan fingerprint density at radius 3 is 2.95 bits per heavy atom. The molecule has 0 spiro atoms. The second kappa shape index (κ2) is 5.81. The van der Waals surface area contributed by atoms with Gasteiger partial charge in [-0.3, -0.25) is 4.79 Å². The van der Waals surface area contributed by atoms with Gasteiger partial charge in [0.05, 0.1) is 6.42 Å². The third kappa shape index (κ3) is 3.01. The molecule has 0 saturated carbocycles. The molecule has 20 heavy (non-hydrogen) atoms. The molecule has 0 aliphatic carbocycles. The minimum atomic E-state index is -0.605. The predicted octanol–water partition coefficient (Wildman–Crippen LogP) is 1.59. The zero-order valence-electron chi connectivity index (χ0n) is 10.9. The van der Waals surface area contributed by atoms with Crippen molar-refractivity contribution in [2.75, 3.05) is 13.1 Å². The van der Waals surface area contributed by atoms with Crippen molar-refractivity contribution < 1.29 is 14.3 Å². The van der Waals surface area contributed by atoms with Gasteiger partial charge in [-0.1, -0.05) is 6.07 Å². The molecule has 1 aliphatic heterocycles. The molecule has 3 N–H and O–H groups in total. The van der Waals surface area contributed by atoms with E-state index in [1.165, 1.54) is 18.3 Å². The number of hydrogen-bond acceptors (Lipinski definition) is 4. The number of likely N-dealkylation sites (tertiary alicyclic amines) is 1. The molecular formula is C14H16FN3O2. The van der Waals surface area contributed by atoms with Gasteiger partial charge in [-0.25, -0.2) is 4.39 Å². The average molecular weight is 277 g/mol. The summed E-state index contributed by atoms with van der Waals surface area (Å²) < 4.78 is 13.6. The quantitative estimate of drug-likeness (QED) is 0.732. The number of halogens is 1. The fourth-order valence-electron chi connectivity index (χ4n) is 2.21. The van der Waals surface area contributed by atoms with E-state index >= 15 is 0 Å². The summed E-state index contributed by atoms with van der Waals surface area (Å²) in [6.07, 6.45) is 1.54. The maximum absolute atomic E-state index is 13.6. The minimum Gasteiger partial charge on any atom is -0.508 e. The van der Waals surface area contributed by atoms with E-state index in [1.807, 2.05) is 0 Å². The second-order valence-corrected chi connectivity index (χ2v) is 4.84. The number of hydrogen-bond donors (Lipinski definition) is 3.